The van der Waals surface area contributed by atoms with Crippen LogP contribution >= 0.6 is 11.3 Å². The number of aryl methyl sites for hydroxylation is 1. The molecule has 0 aliphatic carbocycles. The van der Waals surface area contributed by atoms with Crippen LogP contribution in [0.3, 0.4) is 0 Å². The summed E-state index contributed by atoms with van der Waals surface area (Å²) >= 11 is 1.60. The molecule has 0 unspecified atom stereocenters. The molecule has 1 aromatic carbocycles. The summed E-state index contributed by atoms with van der Waals surface area (Å²) in [5, 5.41) is 5.82. The van der Waals surface area contributed by atoms with Crippen LogP contribution in [0, 0.1) is 12.7 Å². The molecule has 0 atom stereocenters. The van der Waals surface area contributed by atoms with E-state index in [1.807, 2.05) is 12.3 Å². The monoisotopic (exact) mass is 278 g/mol. The highest BCUT2D eigenvalue weighted by atomic mass is 32.1. The first-order valence-corrected chi connectivity index (χ1v) is 6.93. The van der Waals surface area contributed by atoms with E-state index in [0.717, 1.165) is 17.1 Å². The first kappa shape index (κ1) is 13.7. The predicted octanol–water partition coefficient (Wildman–Crippen LogP) is 2.49. The molecule has 0 radical (unpaired) electrons. The zero-order valence-electron chi connectivity index (χ0n) is 10.6. The fraction of sp³-hybridized carbons (Fsp3) is 0.286. The van der Waals surface area contributed by atoms with Crippen molar-refractivity contribution >= 4 is 17.2 Å². The van der Waals surface area contributed by atoms with E-state index < -0.39 is 0 Å². The van der Waals surface area contributed by atoms with Crippen molar-refractivity contribution in [2.45, 2.75) is 19.8 Å². The van der Waals surface area contributed by atoms with Crippen molar-refractivity contribution in [3.05, 3.63) is 51.7 Å². The summed E-state index contributed by atoms with van der Waals surface area (Å²) in [6, 6.07) is 6.10. The summed E-state index contributed by atoms with van der Waals surface area (Å²) in [5.74, 6) is -0.414. The van der Waals surface area contributed by atoms with Crippen LogP contribution in [0.15, 0.2) is 29.6 Å². The molecule has 0 aliphatic rings. The zero-order valence-corrected chi connectivity index (χ0v) is 11.5. The molecule has 5 heteroatoms. The van der Waals surface area contributed by atoms with Gasteiger partial charge >= 0.3 is 0 Å². The van der Waals surface area contributed by atoms with E-state index >= 15 is 0 Å². The lowest BCUT2D eigenvalue weighted by atomic mass is 10.1. The number of nitrogens with zero attached hydrogens (tertiary/aromatic N) is 1. The quantitative estimate of drug-likeness (QED) is 0.913. The number of hydrogen-bond acceptors (Lipinski definition) is 3. The smallest absolute Gasteiger partial charge is 0.224 e. The third-order valence-electron chi connectivity index (χ3n) is 2.58. The van der Waals surface area contributed by atoms with Crippen molar-refractivity contribution in [3.8, 4) is 0 Å². The van der Waals surface area contributed by atoms with E-state index in [2.05, 4.69) is 10.3 Å². The van der Waals surface area contributed by atoms with Crippen LogP contribution in [0.4, 0.5) is 4.39 Å². The van der Waals surface area contributed by atoms with E-state index in [1.165, 1.54) is 12.1 Å². The standard InChI is InChI=1S/C14H15FN2OS/c1-10-9-19-14(17-10)5-6-16-13(18)8-11-3-2-4-12(15)7-11/h2-4,7,9H,5-6,8H2,1H3,(H,16,18). The maximum atomic E-state index is 13.0. The van der Waals surface area contributed by atoms with Crippen LogP contribution in [0.2, 0.25) is 0 Å². The average Bonchev–Trinajstić information content (AvgIpc) is 2.75. The highest BCUT2D eigenvalue weighted by molar-refractivity contribution is 7.09. The van der Waals surface area contributed by atoms with Gasteiger partial charge < -0.3 is 5.32 Å². The number of hydrogen-bond donors (Lipinski definition) is 1. The maximum Gasteiger partial charge on any atom is 0.224 e. The first-order valence-electron chi connectivity index (χ1n) is 6.05. The largest absolute Gasteiger partial charge is 0.355 e. The van der Waals surface area contributed by atoms with Gasteiger partial charge in [-0.15, -0.1) is 11.3 Å². The Bertz CT molecular complexity index is 568. The van der Waals surface area contributed by atoms with Gasteiger partial charge in [0.25, 0.3) is 0 Å². The van der Waals surface area contributed by atoms with Crippen molar-refractivity contribution in [3.63, 3.8) is 0 Å². The number of thiazole rings is 1. The fourth-order valence-electron chi connectivity index (χ4n) is 1.72. The van der Waals surface area contributed by atoms with Gasteiger partial charge in [-0.25, -0.2) is 9.37 Å². The number of aromatic nitrogens is 1. The highest BCUT2D eigenvalue weighted by Crippen LogP contribution is 2.08. The maximum absolute atomic E-state index is 13.0. The van der Waals surface area contributed by atoms with Gasteiger partial charge in [-0.3, -0.25) is 4.79 Å². The molecule has 100 valence electrons. The molecule has 0 saturated heterocycles. The topological polar surface area (TPSA) is 42.0 Å². The van der Waals surface area contributed by atoms with Crippen molar-refractivity contribution in [1.82, 2.24) is 10.3 Å². The van der Waals surface area contributed by atoms with Crippen LogP contribution in [0.5, 0.6) is 0 Å². The van der Waals surface area contributed by atoms with E-state index in [0.29, 0.717) is 12.1 Å². The molecule has 0 bridgehead atoms. The molecule has 1 N–H and O–H groups in total. The Morgan fingerprint density at radius 2 is 2.32 bits per heavy atom. The molecule has 2 aromatic rings. The summed E-state index contributed by atoms with van der Waals surface area (Å²) in [6.45, 7) is 2.50. The minimum Gasteiger partial charge on any atom is -0.355 e. The lowest BCUT2D eigenvalue weighted by Gasteiger charge is -2.04. The predicted molar refractivity (Wildman–Crippen MR) is 73.7 cm³/mol. The number of benzene rings is 1. The number of amides is 1. The Kier molecular flexibility index (Phi) is 4.63. The van der Waals surface area contributed by atoms with Crippen molar-refractivity contribution in [2.75, 3.05) is 6.54 Å². The van der Waals surface area contributed by atoms with Gasteiger partial charge in [0.05, 0.1) is 11.4 Å². The van der Waals surface area contributed by atoms with Gasteiger partial charge in [0.15, 0.2) is 0 Å². The van der Waals surface area contributed by atoms with E-state index in [4.69, 9.17) is 0 Å². The molecule has 0 spiro atoms. The minimum atomic E-state index is -0.316. The summed E-state index contributed by atoms with van der Waals surface area (Å²) in [5.41, 5.74) is 1.69. The molecule has 0 aliphatic heterocycles. The van der Waals surface area contributed by atoms with Gasteiger partial charge in [-0.1, -0.05) is 12.1 Å². The molecule has 19 heavy (non-hydrogen) atoms. The molecule has 2 rings (SSSR count). The molecular formula is C14H15FN2OS. The second-order valence-electron chi connectivity index (χ2n) is 4.29. The lowest BCUT2D eigenvalue weighted by molar-refractivity contribution is -0.120. The van der Waals surface area contributed by atoms with Crippen LogP contribution < -0.4 is 5.32 Å². The summed E-state index contributed by atoms with van der Waals surface area (Å²) in [6.07, 6.45) is 0.933. The van der Waals surface area contributed by atoms with Crippen LogP contribution in [0.1, 0.15) is 16.3 Å². The van der Waals surface area contributed by atoms with Gasteiger partial charge in [0, 0.05) is 24.0 Å². The second-order valence-corrected chi connectivity index (χ2v) is 5.23. The Morgan fingerprint density at radius 1 is 1.47 bits per heavy atom. The highest BCUT2D eigenvalue weighted by Gasteiger charge is 2.05. The average molecular weight is 278 g/mol. The van der Waals surface area contributed by atoms with Crippen LogP contribution in [0.25, 0.3) is 0 Å². The van der Waals surface area contributed by atoms with Crippen LogP contribution in [-0.4, -0.2) is 17.4 Å². The molecule has 0 fully saturated rings. The number of rotatable bonds is 5. The Labute approximate surface area is 115 Å². The molecule has 3 nitrogen and oxygen atoms in total. The van der Waals surface area contributed by atoms with Gasteiger partial charge in [-0.2, -0.15) is 0 Å². The molecule has 1 aromatic heterocycles. The van der Waals surface area contributed by atoms with Gasteiger partial charge in [0.2, 0.25) is 5.91 Å². The zero-order chi connectivity index (χ0) is 13.7. The van der Waals surface area contributed by atoms with Crippen LogP contribution in [-0.2, 0) is 17.6 Å². The van der Waals surface area contributed by atoms with E-state index in [1.54, 1.807) is 23.5 Å². The molecule has 1 amide bonds. The first-order chi connectivity index (χ1) is 9.13. The lowest BCUT2D eigenvalue weighted by Crippen LogP contribution is -2.27. The Balaban J connectivity index is 1.76. The number of carbonyl (C=O) groups is 1. The number of carbonyl (C=O) groups excluding carboxylic acids is 1. The second kappa shape index (κ2) is 6.43. The molecular weight excluding hydrogens is 263 g/mol. The number of halogens is 1. The molecule has 0 saturated carbocycles. The van der Waals surface area contributed by atoms with E-state index in [9.17, 15) is 9.18 Å². The fourth-order valence-corrected chi connectivity index (χ4v) is 2.50. The summed E-state index contributed by atoms with van der Waals surface area (Å²) in [4.78, 5) is 16.0. The Hall–Kier alpha value is -1.75. The third-order valence-corrected chi connectivity index (χ3v) is 3.61. The molecule has 1 heterocycles. The number of nitrogens with one attached hydrogen (secondary N) is 1. The summed E-state index contributed by atoms with van der Waals surface area (Å²) in [7, 11) is 0. The van der Waals surface area contributed by atoms with Gasteiger partial charge in [0.1, 0.15) is 5.82 Å². The van der Waals surface area contributed by atoms with Crippen molar-refractivity contribution in [1.29, 1.82) is 0 Å². The summed E-state index contributed by atoms with van der Waals surface area (Å²) < 4.78 is 13.0. The van der Waals surface area contributed by atoms with Crippen molar-refractivity contribution < 1.29 is 9.18 Å². The van der Waals surface area contributed by atoms with E-state index in [-0.39, 0.29) is 18.1 Å². The van der Waals surface area contributed by atoms with Gasteiger partial charge in [-0.05, 0) is 24.6 Å². The van der Waals surface area contributed by atoms with Crippen molar-refractivity contribution in [2.24, 2.45) is 0 Å². The SMILES string of the molecule is Cc1csc(CCNC(=O)Cc2cccc(F)c2)n1. The third kappa shape index (κ3) is 4.44. The normalized spacial score (nSPS) is 10.4. The minimum absolute atomic E-state index is 0.0983. The Morgan fingerprint density at radius 3 is 3.00 bits per heavy atom.